The highest BCUT2D eigenvalue weighted by molar-refractivity contribution is 6.30. The third kappa shape index (κ3) is 4.02. The van der Waals surface area contributed by atoms with E-state index in [4.69, 9.17) is 21.1 Å². The van der Waals surface area contributed by atoms with Crippen LogP contribution in [0.25, 0.3) is 0 Å². The van der Waals surface area contributed by atoms with Crippen LogP contribution in [0, 0.1) is 0 Å². The highest BCUT2D eigenvalue weighted by atomic mass is 35.5. The maximum absolute atomic E-state index is 12.6. The summed E-state index contributed by atoms with van der Waals surface area (Å²) in [4.78, 5) is 36.7. The molecule has 0 radical (unpaired) electrons. The number of hydrogen-bond acceptors (Lipinski definition) is 6. The van der Waals surface area contributed by atoms with Crippen molar-refractivity contribution in [1.29, 1.82) is 0 Å². The lowest BCUT2D eigenvalue weighted by Crippen LogP contribution is -2.39. The zero-order valence-electron chi connectivity index (χ0n) is 14.7. The fraction of sp³-hybridized carbons (Fsp3) is 0.250. The Balaban J connectivity index is 1.78. The maximum atomic E-state index is 12.6. The highest BCUT2D eigenvalue weighted by Gasteiger charge is 2.46. The van der Waals surface area contributed by atoms with Crippen LogP contribution in [0.4, 0.5) is 0 Å². The lowest BCUT2D eigenvalue weighted by molar-refractivity contribution is -0.206. The number of ketones is 1. The number of halogens is 1. The average molecular weight is 389 g/mol. The third-order valence-electron chi connectivity index (χ3n) is 4.30. The molecule has 0 saturated carbocycles. The molecule has 1 saturated heterocycles. The number of carbonyl (C=O) groups excluding carboxylic acids is 3. The first-order valence-electron chi connectivity index (χ1n) is 8.24. The van der Waals surface area contributed by atoms with Crippen molar-refractivity contribution >= 4 is 29.3 Å². The molecule has 3 rings (SSSR count). The summed E-state index contributed by atoms with van der Waals surface area (Å²) in [5, 5.41) is 0.540. The normalized spacial score (nSPS) is 20.0. The Labute approximate surface area is 161 Å². The van der Waals surface area contributed by atoms with Gasteiger partial charge in [0.15, 0.2) is 12.6 Å². The van der Waals surface area contributed by atoms with E-state index < -0.39 is 23.6 Å². The second-order valence-corrected chi connectivity index (χ2v) is 6.68. The summed E-state index contributed by atoms with van der Waals surface area (Å²) in [5.41, 5.74) is 1.49. The van der Waals surface area contributed by atoms with Gasteiger partial charge in [0, 0.05) is 23.1 Å². The highest BCUT2D eigenvalue weighted by Crippen LogP contribution is 2.26. The Bertz CT molecular complexity index is 892. The van der Waals surface area contributed by atoms with E-state index in [0.717, 1.165) is 0 Å². The summed E-state index contributed by atoms with van der Waals surface area (Å²) in [6.07, 6.45) is 0. The van der Waals surface area contributed by atoms with Crippen molar-refractivity contribution in [3.63, 3.8) is 0 Å². The molecule has 1 aliphatic rings. The van der Waals surface area contributed by atoms with Crippen LogP contribution in [-0.2, 0) is 23.8 Å². The first-order valence-corrected chi connectivity index (χ1v) is 8.62. The van der Waals surface area contributed by atoms with Crippen molar-refractivity contribution < 1.29 is 28.6 Å². The quantitative estimate of drug-likeness (QED) is 0.576. The van der Waals surface area contributed by atoms with Gasteiger partial charge in [-0.2, -0.15) is 0 Å². The molecule has 7 heteroatoms. The number of ether oxygens (including phenoxy) is 3. The van der Waals surface area contributed by atoms with Gasteiger partial charge in [-0.1, -0.05) is 29.8 Å². The van der Waals surface area contributed by atoms with Gasteiger partial charge < -0.3 is 9.47 Å². The number of rotatable bonds is 5. The van der Waals surface area contributed by atoms with Gasteiger partial charge in [-0.05, 0) is 42.8 Å². The average Bonchev–Trinajstić information content (AvgIpc) is 2.99. The van der Waals surface area contributed by atoms with E-state index in [1.165, 1.54) is 6.92 Å². The second-order valence-electron chi connectivity index (χ2n) is 6.24. The Kier molecular flexibility index (Phi) is 5.30. The zero-order chi connectivity index (χ0) is 19.6. The maximum Gasteiger partial charge on any atom is 0.381 e. The smallest absolute Gasteiger partial charge is 0.381 e. The van der Waals surface area contributed by atoms with Gasteiger partial charge in [0.25, 0.3) is 0 Å². The molecule has 1 aliphatic heterocycles. The molecule has 2 aromatic rings. The predicted octanol–water partition coefficient (Wildman–Crippen LogP) is 3.46. The Morgan fingerprint density at radius 2 is 1.85 bits per heavy atom. The lowest BCUT2D eigenvalue weighted by atomic mass is 9.95. The molecular formula is C20H17ClO6. The number of carbonyl (C=O) groups is 3. The van der Waals surface area contributed by atoms with Gasteiger partial charge >= 0.3 is 17.7 Å². The third-order valence-corrected chi connectivity index (χ3v) is 4.55. The molecule has 2 unspecified atom stereocenters. The number of benzene rings is 2. The van der Waals surface area contributed by atoms with Crippen molar-refractivity contribution in [1.82, 2.24) is 0 Å². The van der Waals surface area contributed by atoms with Crippen LogP contribution in [0.2, 0.25) is 5.02 Å². The zero-order valence-corrected chi connectivity index (χ0v) is 15.5. The van der Waals surface area contributed by atoms with Crippen LogP contribution in [0.15, 0.2) is 48.5 Å². The molecule has 1 heterocycles. The van der Waals surface area contributed by atoms with E-state index in [1.807, 2.05) is 0 Å². The molecule has 0 aliphatic carbocycles. The molecule has 0 spiro atoms. The van der Waals surface area contributed by atoms with Gasteiger partial charge in [0.2, 0.25) is 0 Å². The summed E-state index contributed by atoms with van der Waals surface area (Å²) >= 11 is 5.85. The first kappa shape index (κ1) is 19.1. The summed E-state index contributed by atoms with van der Waals surface area (Å²) < 4.78 is 14.9. The standard InChI is InChI=1S/C20H17ClO6/c1-12(18(23)27-20(2)19(24)25-11-26-20)14-4-3-5-15(10-14)17(22)13-6-8-16(21)9-7-13/h3-10,12H,11H2,1-2H3. The van der Waals surface area contributed by atoms with E-state index in [9.17, 15) is 14.4 Å². The monoisotopic (exact) mass is 388 g/mol. The molecule has 27 heavy (non-hydrogen) atoms. The van der Waals surface area contributed by atoms with Crippen molar-refractivity contribution in [2.24, 2.45) is 0 Å². The summed E-state index contributed by atoms with van der Waals surface area (Å²) in [7, 11) is 0. The van der Waals surface area contributed by atoms with Crippen LogP contribution < -0.4 is 0 Å². The number of cyclic esters (lactones) is 1. The van der Waals surface area contributed by atoms with Crippen molar-refractivity contribution in [2.75, 3.05) is 6.79 Å². The molecule has 1 fully saturated rings. The van der Waals surface area contributed by atoms with Gasteiger partial charge in [-0.3, -0.25) is 14.3 Å². The molecule has 2 atom stereocenters. The summed E-state index contributed by atoms with van der Waals surface area (Å²) in [6.45, 7) is 2.69. The fourth-order valence-corrected chi connectivity index (χ4v) is 2.72. The molecule has 0 bridgehead atoms. The van der Waals surface area contributed by atoms with E-state index in [2.05, 4.69) is 4.74 Å². The minimum Gasteiger partial charge on any atom is -0.433 e. The SMILES string of the molecule is CC(C(=O)OC1(C)OCOC1=O)c1cccc(C(=O)c2ccc(Cl)cc2)c1. The van der Waals surface area contributed by atoms with Gasteiger partial charge in [0.1, 0.15) is 0 Å². The van der Waals surface area contributed by atoms with Crippen molar-refractivity contribution in [2.45, 2.75) is 25.6 Å². The van der Waals surface area contributed by atoms with Gasteiger partial charge in [-0.25, -0.2) is 4.79 Å². The number of hydrogen-bond donors (Lipinski definition) is 0. The van der Waals surface area contributed by atoms with Crippen LogP contribution in [0.3, 0.4) is 0 Å². The Morgan fingerprint density at radius 1 is 1.15 bits per heavy atom. The molecule has 2 aromatic carbocycles. The summed E-state index contributed by atoms with van der Waals surface area (Å²) in [6, 6.07) is 13.2. The van der Waals surface area contributed by atoms with Gasteiger partial charge in [-0.15, -0.1) is 0 Å². The van der Waals surface area contributed by atoms with Gasteiger partial charge in [0.05, 0.1) is 5.92 Å². The second kappa shape index (κ2) is 7.50. The predicted molar refractivity (Wildman–Crippen MR) is 96.3 cm³/mol. The van der Waals surface area contributed by atoms with Crippen LogP contribution in [0.1, 0.15) is 41.3 Å². The lowest BCUT2D eigenvalue weighted by Gasteiger charge is -2.21. The molecular weight excluding hydrogens is 372 g/mol. The molecule has 0 N–H and O–H groups in total. The topological polar surface area (TPSA) is 78.9 Å². The largest absolute Gasteiger partial charge is 0.433 e. The number of esters is 2. The van der Waals surface area contributed by atoms with E-state index in [1.54, 1.807) is 55.5 Å². The molecule has 6 nitrogen and oxygen atoms in total. The summed E-state index contributed by atoms with van der Waals surface area (Å²) in [5.74, 6) is -4.06. The van der Waals surface area contributed by atoms with E-state index in [0.29, 0.717) is 21.7 Å². The van der Waals surface area contributed by atoms with E-state index in [-0.39, 0.29) is 12.6 Å². The minimum atomic E-state index is -1.75. The minimum absolute atomic E-state index is 0.191. The van der Waals surface area contributed by atoms with Crippen molar-refractivity contribution in [3.8, 4) is 0 Å². The Hall–Kier alpha value is -2.70. The van der Waals surface area contributed by atoms with Crippen LogP contribution in [-0.4, -0.2) is 30.3 Å². The van der Waals surface area contributed by atoms with Crippen LogP contribution >= 0.6 is 11.6 Å². The van der Waals surface area contributed by atoms with Crippen molar-refractivity contribution in [3.05, 3.63) is 70.2 Å². The fourth-order valence-electron chi connectivity index (χ4n) is 2.59. The van der Waals surface area contributed by atoms with E-state index >= 15 is 0 Å². The Morgan fingerprint density at radius 3 is 2.48 bits per heavy atom. The van der Waals surface area contributed by atoms with Crippen LogP contribution in [0.5, 0.6) is 0 Å². The molecule has 0 amide bonds. The molecule has 0 aromatic heterocycles. The molecule has 140 valence electrons. The first-order chi connectivity index (χ1) is 12.8.